The zero-order valence-electron chi connectivity index (χ0n) is 11.5. The van der Waals surface area contributed by atoms with Crippen LogP contribution in [0.2, 0.25) is 0 Å². The number of nitrogen functional groups attached to an aromatic ring is 1. The molecule has 4 N–H and O–H groups in total. The molecule has 0 aromatic carbocycles. The van der Waals surface area contributed by atoms with Crippen LogP contribution in [0.3, 0.4) is 0 Å². The van der Waals surface area contributed by atoms with Gasteiger partial charge in [-0.25, -0.2) is 9.78 Å². The van der Waals surface area contributed by atoms with Crippen molar-refractivity contribution in [2.24, 2.45) is 0 Å². The van der Waals surface area contributed by atoms with Crippen LogP contribution in [0.4, 0.5) is 11.5 Å². The third-order valence-corrected chi connectivity index (χ3v) is 3.39. The van der Waals surface area contributed by atoms with Gasteiger partial charge in [0, 0.05) is 25.8 Å². The Labute approximate surface area is 117 Å². The van der Waals surface area contributed by atoms with Gasteiger partial charge in [-0.05, 0) is 12.6 Å². The van der Waals surface area contributed by atoms with Crippen LogP contribution in [-0.2, 0) is 4.74 Å². The fraction of sp³-hybridized carbons (Fsp3) is 0.538. The van der Waals surface area contributed by atoms with E-state index in [0.29, 0.717) is 19.0 Å². The Balaban J connectivity index is 1.97. The third kappa shape index (κ3) is 3.37. The van der Waals surface area contributed by atoms with Gasteiger partial charge >= 0.3 is 5.97 Å². The lowest BCUT2D eigenvalue weighted by atomic mass is 10.2. The number of aromatic carboxylic acids is 1. The number of rotatable bonds is 5. The zero-order valence-corrected chi connectivity index (χ0v) is 11.5. The number of carbonyl (C=O) groups is 1. The first kappa shape index (κ1) is 14.5. The number of carboxylic acids is 1. The summed E-state index contributed by atoms with van der Waals surface area (Å²) in [5.74, 6) is -0.666. The molecule has 0 saturated carbocycles. The molecule has 0 bridgehead atoms. The summed E-state index contributed by atoms with van der Waals surface area (Å²) in [6.45, 7) is 6.17. The van der Waals surface area contributed by atoms with E-state index in [4.69, 9.17) is 15.6 Å². The molecule has 2 heterocycles. The van der Waals surface area contributed by atoms with Gasteiger partial charge in [0.05, 0.1) is 24.0 Å². The number of aromatic nitrogens is 1. The molecule has 1 unspecified atom stereocenters. The van der Waals surface area contributed by atoms with Gasteiger partial charge in [-0.1, -0.05) is 6.92 Å². The summed E-state index contributed by atoms with van der Waals surface area (Å²) in [6, 6.07) is 1.39. The number of likely N-dealkylation sites (N-methyl/N-ethyl adjacent to an activating group) is 1. The molecule has 1 atom stereocenters. The number of nitrogens with zero attached hydrogens (tertiary/aromatic N) is 2. The Morgan fingerprint density at radius 2 is 2.50 bits per heavy atom. The molecule has 1 aromatic rings. The number of hydrogen-bond acceptors (Lipinski definition) is 6. The van der Waals surface area contributed by atoms with E-state index in [-0.39, 0.29) is 17.4 Å². The standard InChI is InChI=1S/C13H20N4O3/c1-2-17-5-6-20-9(8-17)7-16-12-11(14)10(13(18)19)3-4-15-12/h3-4,9H,2,5-8,14H2,1H3,(H,15,16)(H,18,19). The van der Waals surface area contributed by atoms with Gasteiger partial charge in [0.1, 0.15) is 5.82 Å². The Morgan fingerprint density at radius 1 is 1.70 bits per heavy atom. The molecule has 0 aliphatic carbocycles. The summed E-state index contributed by atoms with van der Waals surface area (Å²) in [6.07, 6.45) is 1.49. The fourth-order valence-electron chi connectivity index (χ4n) is 2.20. The number of nitrogens with two attached hydrogens (primary N) is 1. The number of nitrogens with one attached hydrogen (secondary N) is 1. The van der Waals surface area contributed by atoms with Gasteiger partial charge in [0.25, 0.3) is 0 Å². The highest BCUT2D eigenvalue weighted by molar-refractivity contribution is 5.96. The molecular formula is C13H20N4O3. The van der Waals surface area contributed by atoms with Gasteiger partial charge in [0.15, 0.2) is 0 Å². The molecule has 1 aliphatic heterocycles. The van der Waals surface area contributed by atoms with Crippen molar-refractivity contribution in [3.8, 4) is 0 Å². The van der Waals surface area contributed by atoms with Crippen LogP contribution in [0.15, 0.2) is 12.3 Å². The number of hydrogen-bond donors (Lipinski definition) is 3. The van der Waals surface area contributed by atoms with Crippen molar-refractivity contribution in [1.82, 2.24) is 9.88 Å². The summed E-state index contributed by atoms with van der Waals surface area (Å²) in [5, 5.41) is 12.1. The Bertz CT molecular complexity index is 481. The summed E-state index contributed by atoms with van der Waals surface area (Å²) in [5.41, 5.74) is 6.01. The minimum atomic E-state index is -1.06. The maximum Gasteiger partial charge on any atom is 0.337 e. The van der Waals surface area contributed by atoms with Crippen LogP contribution < -0.4 is 11.1 Å². The van der Waals surface area contributed by atoms with Crippen LogP contribution in [0.25, 0.3) is 0 Å². The van der Waals surface area contributed by atoms with Crippen molar-refractivity contribution in [2.45, 2.75) is 13.0 Å². The molecule has 1 saturated heterocycles. The Kier molecular flexibility index (Phi) is 4.75. The van der Waals surface area contributed by atoms with Crippen molar-refractivity contribution < 1.29 is 14.6 Å². The van der Waals surface area contributed by atoms with Crippen molar-refractivity contribution in [1.29, 1.82) is 0 Å². The zero-order chi connectivity index (χ0) is 14.5. The predicted octanol–water partition coefficient (Wildman–Crippen LogP) is 0.495. The predicted molar refractivity (Wildman–Crippen MR) is 76.0 cm³/mol. The SMILES string of the molecule is CCN1CCOC(CNc2nccc(C(=O)O)c2N)C1. The summed E-state index contributed by atoms with van der Waals surface area (Å²) in [4.78, 5) is 17.4. The quantitative estimate of drug-likeness (QED) is 0.721. The lowest BCUT2D eigenvalue weighted by Gasteiger charge is -2.32. The topological polar surface area (TPSA) is 101 Å². The fourth-order valence-corrected chi connectivity index (χ4v) is 2.20. The first-order chi connectivity index (χ1) is 9.61. The lowest BCUT2D eigenvalue weighted by molar-refractivity contribution is -0.0192. The lowest BCUT2D eigenvalue weighted by Crippen LogP contribution is -2.45. The maximum atomic E-state index is 11.0. The summed E-state index contributed by atoms with van der Waals surface area (Å²) in [7, 11) is 0. The first-order valence-corrected chi connectivity index (χ1v) is 6.67. The molecule has 7 nitrogen and oxygen atoms in total. The van der Waals surface area contributed by atoms with E-state index < -0.39 is 5.97 Å². The molecule has 0 radical (unpaired) electrons. The molecule has 1 fully saturated rings. The molecular weight excluding hydrogens is 260 g/mol. The van der Waals surface area contributed by atoms with E-state index in [9.17, 15) is 4.79 Å². The van der Waals surface area contributed by atoms with Crippen LogP contribution in [0, 0.1) is 0 Å². The highest BCUT2D eigenvalue weighted by atomic mass is 16.5. The second-order valence-electron chi connectivity index (χ2n) is 4.69. The van der Waals surface area contributed by atoms with Crippen molar-refractivity contribution in [3.05, 3.63) is 17.8 Å². The molecule has 20 heavy (non-hydrogen) atoms. The second-order valence-corrected chi connectivity index (χ2v) is 4.69. The largest absolute Gasteiger partial charge is 0.478 e. The van der Waals surface area contributed by atoms with Crippen LogP contribution >= 0.6 is 0 Å². The minimum Gasteiger partial charge on any atom is -0.478 e. The molecule has 1 aromatic heterocycles. The number of morpholine rings is 1. The number of carboxylic acid groups (broad SMARTS) is 1. The number of anilines is 2. The van der Waals surface area contributed by atoms with Gasteiger partial charge in [-0.15, -0.1) is 0 Å². The summed E-state index contributed by atoms with van der Waals surface area (Å²) >= 11 is 0. The average Bonchev–Trinajstić information content (AvgIpc) is 2.46. The van der Waals surface area contributed by atoms with Gasteiger partial charge in [-0.2, -0.15) is 0 Å². The third-order valence-electron chi connectivity index (χ3n) is 3.39. The number of ether oxygens (including phenoxy) is 1. The second kappa shape index (κ2) is 6.53. The normalized spacial score (nSPS) is 19.8. The molecule has 2 rings (SSSR count). The smallest absolute Gasteiger partial charge is 0.337 e. The van der Waals surface area contributed by atoms with Crippen LogP contribution in [0.5, 0.6) is 0 Å². The van der Waals surface area contributed by atoms with Crippen molar-refractivity contribution >= 4 is 17.5 Å². The van der Waals surface area contributed by atoms with Gasteiger partial charge < -0.3 is 20.9 Å². The summed E-state index contributed by atoms with van der Waals surface area (Å²) < 4.78 is 5.66. The molecule has 0 spiro atoms. The Hall–Kier alpha value is -1.86. The van der Waals surface area contributed by atoms with Gasteiger partial charge in [-0.3, -0.25) is 4.90 Å². The highest BCUT2D eigenvalue weighted by Gasteiger charge is 2.20. The van der Waals surface area contributed by atoms with E-state index in [2.05, 4.69) is 22.1 Å². The van der Waals surface area contributed by atoms with E-state index in [0.717, 1.165) is 19.6 Å². The molecule has 7 heteroatoms. The van der Waals surface area contributed by atoms with E-state index in [1.165, 1.54) is 12.3 Å². The maximum absolute atomic E-state index is 11.0. The number of pyridine rings is 1. The minimum absolute atomic E-state index is 0.0541. The average molecular weight is 280 g/mol. The molecule has 0 amide bonds. The van der Waals surface area contributed by atoms with E-state index in [1.54, 1.807) is 0 Å². The Morgan fingerprint density at radius 3 is 3.20 bits per heavy atom. The van der Waals surface area contributed by atoms with Crippen molar-refractivity contribution in [2.75, 3.05) is 43.8 Å². The molecule has 110 valence electrons. The van der Waals surface area contributed by atoms with Crippen molar-refractivity contribution in [3.63, 3.8) is 0 Å². The highest BCUT2D eigenvalue weighted by Crippen LogP contribution is 2.20. The van der Waals surface area contributed by atoms with E-state index >= 15 is 0 Å². The van der Waals surface area contributed by atoms with Crippen LogP contribution in [-0.4, -0.2) is 59.8 Å². The first-order valence-electron chi connectivity index (χ1n) is 6.67. The van der Waals surface area contributed by atoms with Crippen LogP contribution in [0.1, 0.15) is 17.3 Å². The molecule has 1 aliphatic rings. The van der Waals surface area contributed by atoms with Gasteiger partial charge in [0.2, 0.25) is 0 Å². The monoisotopic (exact) mass is 280 g/mol. The van der Waals surface area contributed by atoms with E-state index in [1.807, 2.05) is 0 Å².